The molecule has 4 nitrogen and oxygen atoms in total. The van der Waals surface area contributed by atoms with E-state index >= 15 is 0 Å². The molecule has 3 aromatic rings. The fourth-order valence-electron chi connectivity index (χ4n) is 3.78. The quantitative estimate of drug-likeness (QED) is 0.308. The third kappa shape index (κ3) is 3.26. The SMILES string of the molecule is Cc1cc2c(cc1C)NC(O)(C(F)(F)F)c1cc(C(=O)C(F)(F)F)c3ccccc3c1N2. The van der Waals surface area contributed by atoms with Gasteiger partial charge in [0.2, 0.25) is 0 Å². The van der Waals surface area contributed by atoms with Crippen LogP contribution in [0.1, 0.15) is 27.0 Å². The van der Waals surface area contributed by atoms with Crippen LogP contribution in [0.3, 0.4) is 0 Å². The second kappa shape index (κ2) is 6.86. The zero-order valence-corrected chi connectivity index (χ0v) is 16.7. The standard InChI is InChI=1S/C22H16F6N2O2/c1-10-7-16-17(8-11(10)2)30-20(32,22(26,27)28)15-9-14(19(31)21(23,24)25)12-5-3-4-6-13(12)18(15)29-16/h3-9,29-30,32H,1-2H3. The van der Waals surface area contributed by atoms with Gasteiger partial charge in [0.05, 0.1) is 17.1 Å². The highest BCUT2D eigenvalue weighted by Crippen LogP contribution is 2.50. The van der Waals surface area contributed by atoms with Crippen LogP contribution in [0, 0.1) is 13.8 Å². The van der Waals surface area contributed by atoms with E-state index in [1.165, 1.54) is 30.3 Å². The van der Waals surface area contributed by atoms with Crippen LogP contribution < -0.4 is 10.6 Å². The highest BCUT2D eigenvalue weighted by molar-refractivity contribution is 6.14. The summed E-state index contributed by atoms with van der Waals surface area (Å²) in [6.45, 7) is 3.40. The first-order valence-electron chi connectivity index (χ1n) is 9.37. The van der Waals surface area contributed by atoms with Gasteiger partial charge in [0.25, 0.3) is 11.5 Å². The molecule has 0 radical (unpaired) electrons. The van der Waals surface area contributed by atoms with Gasteiger partial charge < -0.3 is 15.7 Å². The molecule has 10 heteroatoms. The topological polar surface area (TPSA) is 61.4 Å². The van der Waals surface area contributed by atoms with E-state index in [-0.39, 0.29) is 27.8 Å². The van der Waals surface area contributed by atoms with Crippen molar-refractivity contribution in [3.8, 4) is 0 Å². The molecule has 1 aliphatic rings. The highest BCUT2D eigenvalue weighted by Gasteiger charge is 2.58. The van der Waals surface area contributed by atoms with Crippen LogP contribution >= 0.6 is 0 Å². The largest absolute Gasteiger partial charge is 0.454 e. The maximum atomic E-state index is 14.2. The number of ketones is 1. The number of fused-ring (bicyclic) bond motifs is 4. The average molecular weight is 454 g/mol. The summed E-state index contributed by atoms with van der Waals surface area (Å²) in [5, 5.41) is 15.5. The third-order valence-electron chi connectivity index (χ3n) is 5.56. The number of alkyl halides is 6. The zero-order chi connectivity index (χ0) is 23.6. The van der Waals surface area contributed by atoms with Gasteiger partial charge in [-0.2, -0.15) is 26.3 Å². The molecular weight excluding hydrogens is 438 g/mol. The van der Waals surface area contributed by atoms with Gasteiger partial charge in [0.1, 0.15) is 0 Å². The summed E-state index contributed by atoms with van der Waals surface area (Å²) >= 11 is 0. The first kappa shape index (κ1) is 21.9. The van der Waals surface area contributed by atoms with Crippen molar-refractivity contribution >= 4 is 33.6 Å². The smallest absolute Gasteiger partial charge is 0.360 e. The van der Waals surface area contributed by atoms with Crippen LogP contribution in [0.4, 0.5) is 43.4 Å². The number of benzene rings is 3. The molecule has 168 valence electrons. The van der Waals surface area contributed by atoms with Crippen LogP contribution in [0.5, 0.6) is 0 Å². The summed E-state index contributed by atoms with van der Waals surface area (Å²) in [4.78, 5) is 12.1. The summed E-state index contributed by atoms with van der Waals surface area (Å²) in [6.07, 6.45) is -10.7. The zero-order valence-electron chi connectivity index (χ0n) is 16.7. The Hall–Kier alpha value is -3.27. The summed E-state index contributed by atoms with van der Waals surface area (Å²) < 4.78 is 82.3. The Balaban J connectivity index is 2.14. The number of Topliss-reactive ketones (excluding diaryl/α,β-unsaturated/α-hetero) is 1. The molecule has 0 amide bonds. The second-order valence-electron chi connectivity index (χ2n) is 7.66. The van der Waals surface area contributed by atoms with Crippen molar-refractivity contribution in [3.05, 3.63) is 64.7 Å². The summed E-state index contributed by atoms with van der Waals surface area (Å²) in [5.41, 5.74) is -4.50. The van der Waals surface area contributed by atoms with E-state index in [2.05, 4.69) is 5.32 Å². The molecule has 0 aliphatic carbocycles. The van der Waals surface area contributed by atoms with Crippen molar-refractivity contribution < 1.29 is 36.2 Å². The number of nitrogens with one attached hydrogen (secondary N) is 2. The molecule has 3 N–H and O–H groups in total. The maximum absolute atomic E-state index is 14.2. The number of hydrogen-bond acceptors (Lipinski definition) is 4. The van der Waals surface area contributed by atoms with Crippen molar-refractivity contribution in [2.75, 3.05) is 10.6 Å². The lowest BCUT2D eigenvalue weighted by Crippen LogP contribution is -2.49. The number of rotatable bonds is 1. The third-order valence-corrected chi connectivity index (χ3v) is 5.56. The van der Waals surface area contributed by atoms with Crippen molar-refractivity contribution in [1.29, 1.82) is 0 Å². The number of anilines is 3. The molecule has 0 bridgehead atoms. The van der Waals surface area contributed by atoms with Crippen LogP contribution in [-0.4, -0.2) is 23.2 Å². The van der Waals surface area contributed by atoms with Crippen LogP contribution in [0.15, 0.2) is 42.5 Å². The van der Waals surface area contributed by atoms with Gasteiger partial charge in [-0.1, -0.05) is 24.3 Å². The molecule has 4 rings (SSSR count). The van der Waals surface area contributed by atoms with Crippen molar-refractivity contribution in [3.63, 3.8) is 0 Å². The average Bonchev–Trinajstić information content (AvgIpc) is 2.81. The molecule has 1 heterocycles. The van der Waals surface area contributed by atoms with E-state index in [0.29, 0.717) is 11.6 Å². The van der Waals surface area contributed by atoms with Gasteiger partial charge in [0.15, 0.2) is 0 Å². The molecule has 0 saturated carbocycles. The summed E-state index contributed by atoms with van der Waals surface area (Å²) in [7, 11) is 0. The Labute approximate surface area is 177 Å². The first-order valence-corrected chi connectivity index (χ1v) is 9.37. The van der Waals surface area contributed by atoms with Crippen LogP contribution in [0.2, 0.25) is 0 Å². The first-order chi connectivity index (χ1) is 14.7. The number of halogens is 6. The van der Waals surface area contributed by atoms with Gasteiger partial charge in [-0.3, -0.25) is 4.79 Å². The van der Waals surface area contributed by atoms with Gasteiger partial charge in [-0.05, 0) is 48.6 Å². The Morgan fingerprint density at radius 1 is 0.906 bits per heavy atom. The number of carbonyl (C=O) groups excluding carboxylic acids is 1. The molecule has 0 fully saturated rings. The highest BCUT2D eigenvalue weighted by atomic mass is 19.4. The monoisotopic (exact) mass is 454 g/mol. The van der Waals surface area contributed by atoms with Crippen molar-refractivity contribution in [2.24, 2.45) is 0 Å². The minimum Gasteiger partial charge on any atom is -0.360 e. The lowest BCUT2D eigenvalue weighted by molar-refractivity contribution is -0.253. The van der Waals surface area contributed by atoms with Crippen molar-refractivity contribution in [2.45, 2.75) is 31.9 Å². The molecule has 1 aliphatic heterocycles. The molecule has 1 atom stereocenters. The Bertz CT molecular complexity index is 1270. The Morgan fingerprint density at radius 3 is 2.03 bits per heavy atom. The van der Waals surface area contributed by atoms with E-state index in [1.54, 1.807) is 19.9 Å². The lowest BCUT2D eigenvalue weighted by atomic mass is 9.90. The predicted molar refractivity (Wildman–Crippen MR) is 107 cm³/mol. The molecular formula is C22H16F6N2O2. The van der Waals surface area contributed by atoms with E-state index in [0.717, 1.165) is 5.56 Å². The summed E-state index contributed by atoms with van der Waals surface area (Å²) in [6, 6.07) is 8.69. The van der Waals surface area contributed by atoms with Gasteiger partial charge in [0, 0.05) is 16.5 Å². The molecule has 0 saturated heterocycles. The lowest BCUT2D eigenvalue weighted by Gasteiger charge is -2.33. The minimum absolute atomic E-state index is 0.0758. The van der Waals surface area contributed by atoms with Crippen molar-refractivity contribution in [1.82, 2.24) is 0 Å². The molecule has 3 aromatic carbocycles. The molecule has 0 spiro atoms. The van der Waals surface area contributed by atoms with E-state index in [9.17, 15) is 36.2 Å². The molecule has 32 heavy (non-hydrogen) atoms. The van der Waals surface area contributed by atoms with Crippen LogP contribution in [-0.2, 0) is 5.72 Å². The van der Waals surface area contributed by atoms with E-state index in [1.807, 2.05) is 5.32 Å². The van der Waals surface area contributed by atoms with E-state index in [4.69, 9.17) is 0 Å². The normalized spacial score (nSPS) is 18.3. The summed E-state index contributed by atoms with van der Waals surface area (Å²) in [5.74, 6) is -2.31. The Kier molecular flexibility index (Phi) is 4.71. The maximum Gasteiger partial charge on any atom is 0.454 e. The molecule has 1 unspecified atom stereocenters. The fraction of sp³-hybridized carbons (Fsp3) is 0.227. The van der Waals surface area contributed by atoms with Gasteiger partial charge in [-0.15, -0.1) is 0 Å². The second-order valence-corrected chi connectivity index (χ2v) is 7.66. The number of carbonyl (C=O) groups is 1. The number of aryl methyl sites for hydroxylation is 2. The Morgan fingerprint density at radius 2 is 1.47 bits per heavy atom. The van der Waals surface area contributed by atoms with Crippen LogP contribution in [0.25, 0.3) is 10.8 Å². The predicted octanol–water partition coefficient (Wildman–Crippen LogP) is 6.08. The van der Waals surface area contributed by atoms with Gasteiger partial charge in [-0.25, -0.2) is 0 Å². The number of hydrogen-bond donors (Lipinski definition) is 3. The van der Waals surface area contributed by atoms with Gasteiger partial charge >= 0.3 is 12.4 Å². The molecule has 0 aromatic heterocycles. The minimum atomic E-state index is -5.34. The number of aliphatic hydroxyl groups is 1. The fourth-order valence-corrected chi connectivity index (χ4v) is 3.78. The van der Waals surface area contributed by atoms with E-state index < -0.39 is 35.0 Å².